The first kappa shape index (κ1) is 10.3. The van der Waals surface area contributed by atoms with E-state index in [2.05, 4.69) is 30.5 Å². The lowest BCUT2D eigenvalue weighted by molar-refractivity contribution is 0.101. The number of nitrogens with zero attached hydrogens (tertiary/aromatic N) is 4. The Morgan fingerprint density at radius 2 is 2.06 bits per heavy atom. The number of nitrogens with one attached hydrogen (secondary N) is 2. The summed E-state index contributed by atoms with van der Waals surface area (Å²) in [6.45, 7) is 0. The lowest BCUT2D eigenvalue weighted by Crippen LogP contribution is -2.23. The van der Waals surface area contributed by atoms with Gasteiger partial charge in [0, 0.05) is 5.69 Å². The lowest BCUT2D eigenvalue weighted by atomic mass is 10.3. The number of carbonyl (C=O) groups excluding carboxylic acids is 2. The second-order valence-corrected chi connectivity index (χ2v) is 3.50. The van der Waals surface area contributed by atoms with Gasteiger partial charge in [0.05, 0.1) is 10.7 Å². The molecule has 0 radical (unpaired) electrons. The van der Waals surface area contributed by atoms with Crippen LogP contribution in [0.2, 0.25) is 0 Å². The van der Waals surface area contributed by atoms with Crippen LogP contribution in [0.4, 0.5) is 10.5 Å². The highest BCUT2D eigenvalue weighted by atomic mass is 16.2. The van der Waals surface area contributed by atoms with E-state index in [1.54, 1.807) is 18.2 Å². The fourth-order valence-electron chi connectivity index (χ4n) is 1.52. The molecule has 8 nitrogen and oxygen atoms in total. The van der Waals surface area contributed by atoms with E-state index in [1.807, 2.05) is 0 Å². The maximum absolute atomic E-state index is 11.7. The second-order valence-electron chi connectivity index (χ2n) is 3.50. The predicted molar refractivity (Wildman–Crippen MR) is 58.5 cm³/mol. The van der Waals surface area contributed by atoms with Gasteiger partial charge in [0.1, 0.15) is 6.33 Å². The van der Waals surface area contributed by atoms with Crippen LogP contribution in [0.3, 0.4) is 0 Å². The summed E-state index contributed by atoms with van der Waals surface area (Å²) in [5, 5.41) is 9.57. The topological polar surface area (TPSA) is 112 Å². The zero-order valence-corrected chi connectivity index (χ0v) is 8.91. The number of rotatable bonds is 2. The second kappa shape index (κ2) is 3.84. The molecule has 1 aliphatic heterocycles. The van der Waals surface area contributed by atoms with Crippen LogP contribution < -0.4 is 16.0 Å². The number of benzene rings is 1. The van der Waals surface area contributed by atoms with Crippen LogP contribution in [-0.4, -0.2) is 27.1 Å². The molecule has 0 fully saturated rings. The Morgan fingerprint density at radius 1 is 1.22 bits per heavy atom. The number of carbonyl (C=O) groups is 2. The molecular formula is C10H6N6O2. The number of H-pyrrole nitrogens is 1. The van der Waals surface area contributed by atoms with Crippen molar-refractivity contribution in [2.75, 3.05) is 5.32 Å². The fourth-order valence-corrected chi connectivity index (χ4v) is 1.52. The highest BCUT2D eigenvalue weighted by Gasteiger charge is 2.10. The van der Waals surface area contributed by atoms with Crippen molar-refractivity contribution in [2.45, 2.75) is 0 Å². The maximum Gasteiger partial charge on any atom is 0.368 e. The molecule has 2 heterocycles. The van der Waals surface area contributed by atoms with Gasteiger partial charge in [0.15, 0.2) is 0 Å². The number of urea groups is 1. The fraction of sp³-hybridized carbons (Fsp3) is 0. The van der Waals surface area contributed by atoms with Crippen molar-refractivity contribution in [3.05, 3.63) is 41.1 Å². The molecule has 18 heavy (non-hydrogen) atoms. The van der Waals surface area contributed by atoms with Crippen LogP contribution in [0.1, 0.15) is 10.6 Å². The van der Waals surface area contributed by atoms with E-state index in [0.717, 1.165) is 0 Å². The standard InChI is InChI=1S/C10H6N6O2/c17-9(8-11-4-12-16-8)13-5-1-2-6-7(3-5)15-10(18)14-6/h1-4H,(H,13,17)(H,11,12,16). The first-order chi connectivity index (χ1) is 8.72. The maximum atomic E-state index is 11.7. The van der Waals surface area contributed by atoms with Gasteiger partial charge < -0.3 is 5.32 Å². The third kappa shape index (κ3) is 1.75. The van der Waals surface area contributed by atoms with Crippen molar-refractivity contribution >= 4 is 17.6 Å². The van der Waals surface area contributed by atoms with Crippen molar-refractivity contribution in [3.63, 3.8) is 0 Å². The van der Waals surface area contributed by atoms with Gasteiger partial charge in [0.2, 0.25) is 5.82 Å². The number of amides is 3. The molecule has 1 aromatic carbocycles. The predicted octanol–water partition coefficient (Wildman–Crippen LogP) is -0.570. The minimum atomic E-state index is -0.538. The molecule has 0 aliphatic carbocycles. The smallest absolute Gasteiger partial charge is 0.319 e. The van der Waals surface area contributed by atoms with Crippen LogP contribution in [0.5, 0.6) is 0 Å². The van der Waals surface area contributed by atoms with Crippen LogP contribution >= 0.6 is 0 Å². The minimum Gasteiger partial charge on any atom is -0.319 e. The van der Waals surface area contributed by atoms with Crippen molar-refractivity contribution in [1.29, 1.82) is 0 Å². The molecule has 3 amide bonds. The molecule has 0 saturated heterocycles. The molecule has 2 N–H and O–H groups in total. The van der Waals surface area contributed by atoms with Crippen molar-refractivity contribution in [1.82, 2.24) is 15.2 Å². The van der Waals surface area contributed by atoms with Gasteiger partial charge in [-0.1, -0.05) is 0 Å². The molecule has 1 aliphatic rings. The van der Waals surface area contributed by atoms with Crippen molar-refractivity contribution in [2.24, 2.45) is 9.98 Å². The summed E-state index contributed by atoms with van der Waals surface area (Å²) in [7, 11) is 0. The number of hydrogen-bond acceptors (Lipinski definition) is 4. The van der Waals surface area contributed by atoms with E-state index in [-0.39, 0.29) is 5.82 Å². The van der Waals surface area contributed by atoms with Crippen LogP contribution in [0.15, 0.2) is 34.5 Å². The summed E-state index contributed by atoms with van der Waals surface area (Å²) >= 11 is 0. The highest BCUT2D eigenvalue weighted by Crippen LogP contribution is 2.03. The van der Waals surface area contributed by atoms with Gasteiger partial charge in [-0.15, -0.1) is 0 Å². The number of aromatic amines is 1. The van der Waals surface area contributed by atoms with E-state index >= 15 is 0 Å². The quantitative estimate of drug-likeness (QED) is 0.734. The molecule has 88 valence electrons. The van der Waals surface area contributed by atoms with E-state index in [9.17, 15) is 9.59 Å². The molecule has 2 aromatic rings. The molecule has 8 heteroatoms. The average molecular weight is 242 g/mol. The van der Waals surface area contributed by atoms with Gasteiger partial charge in [-0.05, 0) is 18.2 Å². The molecule has 0 unspecified atom stereocenters. The van der Waals surface area contributed by atoms with Gasteiger partial charge in [-0.2, -0.15) is 15.1 Å². The zero-order chi connectivity index (χ0) is 12.5. The third-order valence-electron chi connectivity index (χ3n) is 2.30. The summed E-state index contributed by atoms with van der Waals surface area (Å²) in [5.74, 6) is -0.318. The number of hydrogen-bond donors (Lipinski definition) is 2. The van der Waals surface area contributed by atoms with E-state index in [1.165, 1.54) is 6.33 Å². The van der Waals surface area contributed by atoms with E-state index in [4.69, 9.17) is 0 Å². The Hall–Kier alpha value is -2.90. The third-order valence-corrected chi connectivity index (χ3v) is 2.30. The zero-order valence-electron chi connectivity index (χ0n) is 8.91. The Balaban J connectivity index is 1.90. The molecular weight excluding hydrogens is 236 g/mol. The first-order valence-electron chi connectivity index (χ1n) is 5.00. The molecule has 0 atom stereocenters. The summed E-state index contributed by atoms with van der Waals surface area (Å²) in [4.78, 5) is 33.7. The Labute approximate surface area is 99.5 Å². The monoisotopic (exact) mass is 242 g/mol. The van der Waals surface area contributed by atoms with Gasteiger partial charge in [-0.25, -0.2) is 9.78 Å². The van der Waals surface area contributed by atoms with Crippen molar-refractivity contribution < 1.29 is 9.59 Å². The van der Waals surface area contributed by atoms with E-state index < -0.39 is 11.9 Å². The number of anilines is 1. The molecule has 0 bridgehead atoms. The molecule has 0 spiro atoms. The summed E-state index contributed by atoms with van der Waals surface area (Å²) < 4.78 is 0. The van der Waals surface area contributed by atoms with Crippen LogP contribution in [0, 0.1) is 0 Å². The Bertz CT molecular complexity index is 749. The summed E-state index contributed by atoms with van der Waals surface area (Å²) in [6.07, 6.45) is 1.24. The van der Waals surface area contributed by atoms with Gasteiger partial charge in [-0.3, -0.25) is 9.89 Å². The van der Waals surface area contributed by atoms with Crippen LogP contribution in [-0.2, 0) is 0 Å². The normalized spacial score (nSPS) is 12.6. The number of aromatic nitrogens is 3. The van der Waals surface area contributed by atoms with Gasteiger partial charge in [0.25, 0.3) is 5.91 Å². The van der Waals surface area contributed by atoms with Crippen molar-refractivity contribution in [3.8, 4) is 0 Å². The summed E-state index contributed by atoms with van der Waals surface area (Å²) in [5.41, 5.74) is 0.504. The molecule has 3 rings (SSSR count). The van der Waals surface area contributed by atoms with E-state index in [0.29, 0.717) is 16.4 Å². The SMILES string of the molecule is O=C1N=c2ccc(NC(=O)c3ncn[nH]3)cc2=N1. The number of fused-ring (bicyclic) bond motifs is 1. The first-order valence-corrected chi connectivity index (χ1v) is 5.00. The highest BCUT2D eigenvalue weighted by molar-refractivity contribution is 6.01. The molecule has 1 aromatic heterocycles. The Kier molecular flexibility index (Phi) is 2.19. The van der Waals surface area contributed by atoms with Gasteiger partial charge >= 0.3 is 6.03 Å². The van der Waals surface area contributed by atoms with Crippen LogP contribution in [0.25, 0.3) is 0 Å². The average Bonchev–Trinajstić information content (AvgIpc) is 2.95. The lowest BCUT2D eigenvalue weighted by Gasteiger charge is -2.01. The Morgan fingerprint density at radius 3 is 2.83 bits per heavy atom. The summed E-state index contributed by atoms with van der Waals surface area (Å²) in [6, 6.07) is 4.27. The molecule has 0 saturated carbocycles. The minimum absolute atomic E-state index is 0.105. The largest absolute Gasteiger partial charge is 0.368 e.